The summed E-state index contributed by atoms with van der Waals surface area (Å²) in [6, 6.07) is 12.9. The molecule has 1 aliphatic carbocycles. The normalized spacial score (nSPS) is 15.9. The lowest BCUT2D eigenvalue weighted by Gasteiger charge is -2.21. The van der Waals surface area contributed by atoms with E-state index < -0.39 is 0 Å². The molecule has 0 bridgehead atoms. The van der Waals surface area contributed by atoms with Crippen LogP contribution in [0.25, 0.3) is 0 Å². The molecule has 1 fully saturated rings. The van der Waals surface area contributed by atoms with E-state index >= 15 is 0 Å². The van der Waals surface area contributed by atoms with Gasteiger partial charge in [0.25, 0.3) is 0 Å². The van der Waals surface area contributed by atoms with Crippen molar-refractivity contribution in [3.8, 4) is 0 Å². The Kier molecular flexibility index (Phi) is 3.99. The lowest BCUT2D eigenvalue weighted by atomic mass is 10.0. The molecule has 1 atom stereocenters. The zero-order valence-electron chi connectivity index (χ0n) is 10.7. The molecular weight excluding hydrogens is 341 g/mol. The lowest BCUT2D eigenvalue weighted by Crippen LogP contribution is -2.14. The molecule has 1 unspecified atom stereocenters. The van der Waals surface area contributed by atoms with Crippen molar-refractivity contribution in [3.05, 3.63) is 63.3 Å². The van der Waals surface area contributed by atoms with Crippen LogP contribution >= 0.6 is 27.5 Å². The Hall–Kier alpha value is -1.06. The van der Waals surface area contributed by atoms with Gasteiger partial charge < -0.3 is 5.32 Å². The van der Waals surface area contributed by atoms with Crippen LogP contribution < -0.4 is 5.32 Å². The molecule has 0 saturated heterocycles. The van der Waals surface area contributed by atoms with Gasteiger partial charge in [0.15, 0.2) is 0 Å². The second kappa shape index (κ2) is 5.74. The average molecular weight is 355 g/mol. The fourth-order valence-electron chi connectivity index (χ4n) is 2.36. The van der Waals surface area contributed by atoms with Crippen LogP contribution in [0.3, 0.4) is 0 Å². The summed E-state index contributed by atoms with van der Waals surface area (Å²) < 4.78 is 14.7. The summed E-state index contributed by atoms with van der Waals surface area (Å²) in [7, 11) is 0. The van der Waals surface area contributed by atoms with Crippen LogP contribution in [0.2, 0.25) is 5.02 Å². The Morgan fingerprint density at radius 3 is 2.45 bits per heavy atom. The second-order valence-electron chi connectivity index (χ2n) is 5.11. The van der Waals surface area contributed by atoms with Gasteiger partial charge in [0.05, 0.1) is 11.7 Å². The van der Waals surface area contributed by atoms with Crippen molar-refractivity contribution >= 4 is 33.2 Å². The SMILES string of the molecule is Fc1cccc(Br)c1NC(c1ccc(Cl)cc1)C1CC1. The zero-order chi connectivity index (χ0) is 14.1. The molecule has 4 heteroatoms. The van der Waals surface area contributed by atoms with E-state index in [9.17, 15) is 4.39 Å². The van der Waals surface area contributed by atoms with Gasteiger partial charge in [-0.3, -0.25) is 0 Å². The summed E-state index contributed by atoms with van der Waals surface area (Å²) in [5.74, 6) is 0.321. The molecule has 2 aromatic carbocycles. The number of nitrogens with one attached hydrogen (secondary N) is 1. The highest BCUT2D eigenvalue weighted by Gasteiger charge is 2.33. The second-order valence-corrected chi connectivity index (χ2v) is 6.40. The molecule has 0 aromatic heterocycles. The molecule has 20 heavy (non-hydrogen) atoms. The van der Waals surface area contributed by atoms with Crippen molar-refractivity contribution in [2.45, 2.75) is 18.9 Å². The first-order valence-corrected chi connectivity index (χ1v) is 7.78. The standard InChI is InChI=1S/C16H14BrClFN/c17-13-2-1-3-14(19)16(13)20-15(10-4-5-10)11-6-8-12(18)9-7-11/h1-3,6-10,15,20H,4-5H2. The van der Waals surface area contributed by atoms with Crippen molar-refractivity contribution in [2.75, 3.05) is 5.32 Å². The van der Waals surface area contributed by atoms with Gasteiger partial charge in [0.2, 0.25) is 0 Å². The maximum Gasteiger partial charge on any atom is 0.147 e. The summed E-state index contributed by atoms with van der Waals surface area (Å²) in [5, 5.41) is 4.07. The van der Waals surface area contributed by atoms with Crippen molar-refractivity contribution in [1.29, 1.82) is 0 Å². The maximum atomic E-state index is 14.0. The number of rotatable bonds is 4. The fourth-order valence-corrected chi connectivity index (χ4v) is 2.95. The minimum absolute atomic E-state index is 0.125. The van der Waals surface area contributed by atoms with Crippen LogP contribution in [-0.4, -0.2) is 0 Å². The monoisotopic (exact) mass is 353 g/mol. The molecule has 1 nitrogen and oxygen atoms in total. The number of para-hydroxylation sites is 1. The minimum atomic E-state index is -0.237. The summed E-state index contributed by atoms with van der Waals surface area (Å²) in [6.07, 6.45) is 2.35. The molecule has 1 aliphatic rings. The Labute approximate surface area is 131 Å². The van der Waals surface area contributed by atoms with Crippen LogP contribution in [0.15, 0.2) is 46.9 Å². The molecule has 0 radical (unpaired) electrons. The third-order valence-corrected chi connectivity index (χ3v) is 4.50. The van der Waals surface area contributed by atoms with Crippen LogP contribution in [-0.2, 0) is 0 Å². The third-order valence-electron chi connectivity index (χ3n) is 3.59. The lowest BCUT2D eigenvalue weighted by molar-refractivity contribution is 0.615. The van der Waals surface area contributed by atoms with E-state index in [0.29, 0.717) is 11.6 Å². The van der Waals surface area contributed by atoms with Crippen LogP contribution in [0.1, 0.15) is 24.4 Å². The van der Waals surface area contributed by atoms with E-state index in [-0.39, 0.29) is 11.9 Å². The van der Waals surface area contributed by atoms with Crippen molar-refractivity contribution < 1.29 is 4.39 Å². The Morgan fingerprint density at radius 1 is 1.15 bits per heavy atom. The van der Waals surface area contributed by atoms with E-state index in [2.05, 4.69) is 21.2 Å². The molecule has 2 aromatic rings. The van der Waals surface area contributed by atoms with Crippen molar-refractivity contribution in [2.24, 2.45) is 5.92 Å². The largest absolute Gasteiger partial charge is 0.375 e. The summed E-state index contributed by atoms with van der Waals surface area (Å²) in [4.78, 5) is 0. The highest BCUT2D eigenvalue weighted by atomic mass is 79.9. The van der Waals surface area contributed by atoms with Crippen LogP contribution in [0, 0.1) is 11.7 Å². The summed E-state index contributed by atoms with van der Waals surface area (Å²) in [5.41, 5.74) is 1.67. The third kappa shape index (κ3) is 2.99. The van der Waals surface area contributed by atoms with E-state index in [1.807, 2.05) is 30.3 Å². The predicted molar refractivity (Wildman–Crippen MR) is 84.6 cm³/mol. The number of hydrogen-bond donors (Lipinski definition) is 1. The molecule has 0 amide bonds. The molecule has 1 saturated carbocycles. The zero-order valence-corrected chi connectivity index (χ0v) is 13.1. The first-order chi connectivity index (χ1) is 9.65. The quantitative estimate of drug-likeness (QED) is 0.731. The van der Waals surface area contributed by atoms with Gasteiger partial charge in [-0.15, -0.1) is 0 Å². The Bertz CT molecular complexity index is 590. The molecule has 0 heterocycles. The first kappa shape index (κ1) is 13.9. The molecule has 0 aliphatic heterocycles. The van der Waals surface area contributed by atoms with Crippen LogP contribution in [0.4, 0.5) is 10.1 Å². The Morgan fingerprint density at radius 2 is 1.85 bits per heavy atom. The molecule has 1 N–H and O–H groups in total. The number of halogens is 3. The van der Waals surface area contributed by atoms with Gasteiger partial charge in [0, 0.05) is 9.50 Å². The highest BCUT2D eigenvalue weighted by molar-refractivity contribution is 9.10. The van der Waals surface area contributed by atoms with Crippen LogP contribution in [0.5, 0.6) is 0 Å². The van der Waals surface area contributed by atoms with E-state index in [0.717, 1.165) is 15.1 Å². The van der Waals surface area contributed by atoms with Gasteiger partial charge >= 0.3 is 0 Å². The smallest absolute Gasteiger partial charge is 0.147 e. The molecular formula is C16H14BrClFN. The van der Waals surface area contributed by atoms with Gasteiger partial charge in [-0.1, -0.05) is 29.8 Å². The summed E-state index contributed by atoms with van der Waals surface area (Å²) in [6.45, 7) is 0. The van der Waals surface area contributed by atoms with Crippen molar-refractivity contribution in [1.82, 2.24) is 0 Å². The summed E-state index contributed by atoms with van der Waals surface area (Å²) >= 11 is 9.34. The minimum Gasteiger partial charge on any atom is -0.375 e. The highest BCUT2D eigenvalue weighted by Crippen LogP contribution is 2.44. The van der Waals surface area contributed by atoms with E-state index in [1.54, 1.807) is 6.07 Å². The van der Waals surface area contributed by atoms with Gasteiger partial charge in [-0.05, 0) is 64.5 Å². The topological polar surface area (TPSA) is 12.0 Å². The first-order valence-electron chi connectivity index (χ1n) is 6.61. The van der Waals surface area contributed by atoms with Gasteiger partial charge in [-0.2, -0.15) is 0 Å². The van der Waals surface area contributed by atoms with E-state index in [4.69, 9.17) is 11.6 Å². The van der Waals surface area contributed by atoms with E-state index in [1.165, 1.54) is 18.9 Å². The average Bonchev–Trinajstić information content (AvgIpc) is 3.24. The molecule has 0 spiro atoms. The number of anilines is 1. The number of hydrogen-bond acceptors (Lipinski definition) is 1. The molecule has 104 valence electrons. The maximum absolute atomic E-state index is 14.0. The van der Waals surface area contributed by atoms with Gasteiger partial charge in [0.1, 0.15) is 5.82 Å². The van der Waals surface area contributed by atoms with Crippen molar-refractivity contribution in [3.63, 3.8) is 0 Å². The molecule has 3 rings (SSSR count). The fraction of sp³-hybridized carbons (Fsp3) is 0.250. The number of benzene rings is 2. The predicted octanol–water partition coefficient (Wildman–Crippen LogP) is 5.80. The van der Waals surface area contributed by atoms with Gasteiger partial charge in [-0.25, -0.2) is 4.39 Å². The Balaban J connectivity index is 1.90.